The first-order chi connectivity index (χ1) is 8.00. The molecule has 0 fully saturated rings. The molecule has 0 aliphatic carbocycles. The van der Waals surface area contributed by atoms with Crippen molar-refractivity contribution in [2.75, 3.05) is 0 Å². The Kier molecular flexibility index (Phi) is 2.88. The highest BCUT2D eigenvalue weighted by molar-refractivity contribution is 5.68. The van der Waals surface area contributed by atoms with Crippen molar-refractivity contribution >= 4 is 0 Å². The van der Waals surface area contributed by atoms with Crippen molar-refractivity contribution in [2.45, 2.75) is 6.18 Å². The van der Waals surface area contributed by atoms with E-state index in [2.05, 4.69) is 6.07 Å². The third-order valence-corrected chi connectivity index (χ3v) is 2.33. The van der Waals surface area contributed by atoms with Gasteiger partial charge < -0.3 is 0 Å². The van der Waals surface area contributed by atoms with E-state index in [-0.39, 0.29) is 11.1 Å². The van der Waals surface area contributed by atoms with Crippen molar-refractivity contribution in [3.63, 3.8) is 0 Å². The van der Waals surface area contributed by atoms with Crippen molar-refractivity contribution in [3.8, 4) is 11.1 Å². The number of alkyl halides is 3. The van der Waals surface area contributed by atoms with Crippen LogP contribution < -0.4 is 0 Å². The van der Waals surface area contributed by atoms with E-state index < -0.39 is 17.6 Å². The Morgan fingerprint density at radius 1 is 0.941 bits per heavy atom. The lowest BCUT2D eigenvalue weighted by atomic mass is 9.99. The zero-order valence-corrected chi connectivity index (χ0v) is 8.55. The molecule has 0 saturated carbocycles. The van der Waals surface area contributed by atoms with E-state index in [1.165, 1.54) is 30.3 Å². The average Bonchev–Trinajstić information content (AvgIpc) is 2.28. The smallest absolute Gasteiger partial charge is 0.206 e. The lowest BCUT2D eigenvalue weighted by Crippen LogP contribution is -2.07. The van der Waals surface area contributed by atoms with Gasteiger partial charge in [-0.05, 0) is 23.8 Å². The van der Waals surface area contributed by atoms with Crippen molar-refractivity contribution in [2.24, 2.45) is 0 Å². The molecule has 0 aliphatic rings. The quantitative estimate of drug-likeness (QED) is 0.650. The zero-order chi connectivity index (χ0) is 12.5. The molecule has 2 aromatic carbocycles. The topological polar surface area (TPSA) is 0 Å². The number of hydrogen-bond donors (Lipinski definition) is 0. The monoisotopic (exact) mass is 239 g/mol. The van der Waals surface area contributed by atoms with Gasteiger partial charge in [0.25, 0.3) is 0 Å². The molecule has 0 amide bonds. The molecule has 0 atom stereocenters. The molecule has 0 aromatic heterocycles. The summed E-state index contributed by atoms with van der Waals surface area (Å²) in [6.45, 7) is 0. The molecule has 2 aromatic rings. The van der Waals surface area contributed by atoms with E-state index in [1.54, 1.807) is 0 Å². The van der Waals surface area contributed by atoms with Crippen LogP contribution in [0.1, 0.15) is 5.56 Å². The number of rotatable bonds is 1. The van der Waals surface area contributed by atoms with Crippen LogP contribution in [0.5, 0.6) is 0 Å². The Balaban J connectivity index is 2.65. The summed E-state index contributed by atoms with van der Waals surface area (Å²) in [6.07, 6.45) is -4.52. The van der Waals surface area contributed by atoms with Crippen molar-refractivity contribution in [3.05, 3.63) is 59.9 Å². The first-order valence-corrected chi connectivity index (χ1v) is 4.82. The fraction of sp³-hybridized carbons (Fsp3) is 0.0769. The van der Waals surface area contributed by atoms with Crippen LogP contribution in [-0.2, 0) is 6.18 Å². The Morgan fingerprint density at radius 3 is 2.29 bits per heavy atom. The Hall–Kier alpha value is -1.84. The summed E-state index contributed by atoms with van der Waals surface area (Å²) in [7, 11) is 0. The van der Waals surface area contributed by atoms with Gasteiger partial charge in [-0.2, -0.15) is 13.2 Å². The standard InChI is InChI=1S/C13H7F4/c14-12-8-4-2-6-10(12)9-5-1-3-7-11(9)13(15,16)17/h1-2,4-8H. The zero-order valence-electron chi connectivity index (χ0n) is 8.55. The summed E-state index contributed by atoms with van der Waals surface area (Å²) in [5.41, 5.74) is -1.12. The number of halogens is 4. The minimum absolute atomic E-state index is 0.0613. The highest BCUT2D eigenvalue weighted by Crippen LogP contribution is 2.37. The van der Waals surface area contributed by atoms with Crippen LogP contribution in [0, 0.1) is 11.9 Å². The number of hydrogen-bond acceptors (Lipinski definition) is 0. The second kappa shape index (κ2) is 4.20. The molecule has 0 N–H and O–H groups in total. The predicted octanol–water partition coefficient (Wildman–Crippen LogP) is 4.31. The minimum Gasteiger partial charge on any atom is -0.206 e. The Morgan fingerprint density at radius 2 is 1.65 bits per heavy atom. The van der Waals surface area contributed by atoms with Gasteiger partial charge in [-0.1, -0.05) is 30.3 Å². The van der Waals surface area contributed by atoms with E-state index in [1.807, 2.05) is 0 Å². The first kappa shape index (κ1) is 11.6. The van der Waals surface area contributed by atoms with E-state index in [0.29, 0.717) is 0 Å². The number of benzene rings is 2. The molecule has 0 heterocycles. The second-order valence-corrected chi connectivity index (χ2v) is 3.45. The summed E-state index contributed by atoms with van der Waals surface area (Å²) in [5.74, 6) is -0.677. The molecular weight excluding hydrogens is 232 g/mol. The molecule has 17 heavy (non-hydrogen) atoms. The SMILES string of the molecule is Fc1ccccc1-c1cc[c]cc1C(F)(F)F. The van der Waals surface area contributed by atoms with Gasteiger partial charge in [0.15, 0.2) is 0 Å². The Labute approximate surface area is 95.5 Å². The fourth-order valence-electron chi connectivity index (χ4n) is 1.58. The molecule has 0 bridgehead atoms. The summed E-state index contributed by atoms with van der Waals surface area (Å²) in [6, 6.07) is 11.1. The van der Waals surface area contributed by atoms with Crippen LogP contribution in [0.15, 0.2) is 42.5 Å². The Bertz CT molecular complexity index is 529. The highest BCUT2D eigenvalue weighted by atomic mass is 19.4. The molecule has 4 heteroatoms. The largest absolute Gasteiger partial charge is 0.417 e. The molecule has 0 unspecified atom stereocenters. The maximum Gasteiger partial charge on any atom is 0.417 e. The third kappa shape index (κ3) is 2.30. The van der Waals surface area contributed by atoms with Crippen molar-refractivity contribution < 1.29 is 17.6 Å². The average molecular weight is 239 g/mol. The van der Waals surface area contributed by atoms with Crippen LogP contribution in [0.3, 0.4) is 0 Å². The van der Waals surface area contributed by atoms with Gasteiger partial charge in [0.2, 0.25) is 0 Å². The van der Waals surface area contributed by atoms with Crippen LogP contribution in [0.25, 0.3) is 11.1 Å². The normalized spacial score (nSPS) is 11.5. The van der Waals surface area contributed by atoms with Gasteiger partial charge in [-0.3, -0.25) is 0 Å². The van der Waals surface area contributed by atoms with E-state index in [0.717, 1.165) is 12.1 Å². The first-order valence-electron chi connectivity index (χ1n) is 4.82. The molecule has 0 aliphatic heterocycles. The van der Waals surface area contributed by atoms with Crippen LogP contribution in [-0.4, -0.2) is 0 Å². The molecule has 1 radical (unpaired) electrons. The van der Waals surface area contributed by atoms with Gasteiger partial charge in [-0.15, -0.1) is 0 Å². The highest BCUT2D eigenvalue weighted by Gasteiger charge is 2.33. The molecule has 0 saturated heterocycles. The van der Waals surface area contributed by atoms with Gasteiger partial charge in [0.1, 0.15) is 5.82 Å². The molecular formula is C13H7F4. The summed E-state index contributed by atoms with van der Waals surface area (Å²) in [4.78, 5) is 0. The fourth-order valence-corrected chi connectivity index (χ4v) is 1.58. The lowest BCUT2D eigenvalue weighted by Gasteiger charge is -2.12. The minimum atomic E-state index is -4.52. The summed E-state index contributed by atoms with van der Waals surface area (Å²) >= 11 is 0. The maximum absolute atomic E-state index is 13.5. The van der Waals surface area contributed by atoms with E-state index in [4.69, 9.17) is 0 Å². The van der Waals surface area contributed by atoms with Gasteiger partial charge in [0, 0.05) is 5.56 Å². The van der Waals surface area contributed by atoms with Gasteiger partial charge >= 0.3 is 6.18 Å². The van der Waals surface area contributed by atoms with E-state index >= 15 is 0 Å². The molecule has 0 spiro atoms. The van der Waals surface area contributed by atoms with Crippen LogP contribution >= 0.6 is 0 Å². The molecule has 0 nitrogen and oxygen atoms in total. The van der Waals surface area contributed by atoms with Gasteiger partial charge in [-0.25, -0.2) is 4.39 Å². The second-order valence-electron chi connectivity index (χ2n) is 3.45. The maximum atomic E-state index is 13.5. The lowest BCUT2D eigenvalue weighted by molar-refractivity contribution is -0.137. The van der Waals surface area contributed by atoms with Crippen LogP contribution in [0.4, 0.5) is 17.6 Å². The van der Waals surface area contributed by atoms with Gasteiger partial charge in [0.05, 0.1) is 5.56 Å². The van der Waals surface area contributed by atoms with Crippen molar-refractivity contribution in [1.29, 1.82) is 0 Å². The summed E-state index contributed by atoms with van der Waals surface area (Å²) < 4.78 is 51.6. The molecule has 87 valence electrons. The summed E-state index contributed by atoms with van der Waals surface area (Å²) in [5, 5.41) is 0. The molecule has 2 rings (SSSR count). The predicted molar refractivity (Wildman–Crippen MR) is 55.7 cm³/mol. The van der Waals surface area contributed by atoms with Crippen LogP contribution in [0.2, 0.25) is 0 Å². The third-order valence-electron chi connectivity index (χ3n) is 2.33. The van der Waals surface area contributed by atoms with E-state index in [9.17, 15) is 17.6 Å². The van der Waals surface area contributed by atoms with Crippen molar-refractivity contribution in [1.82, 2.24) is 0 Å².